The lowest BCUT2D eigenvalue weighted by Crippen LogP contribution is -2.47. The van der Waals surface area contributed by atoms with E-state index in [4.69, 9.17) is 17.0 Å². The largest absolute Gasteiger partial charge is 0.383 e. The number of halogens is 1. The maximum atomic E-state index is 12.9. The zero-order chi connectivity index (χ0) is 16.9. The fourth-order valence-corrected chi connectivity index (χ4v) is 4.59. The van der Waals surface area contributed by atoms with Crippen molar-refractivity contribution in [2.24, 2.45) is 0 Å². The first-order chi connectivity index (χ1) is 10.9. The summed E-state index contributed by atoms with van der Waals surface area (Å²) in [6.45, 7) is 1.46. The molecule has 1 aromatic rings. The van der Waals surface area contributed by atoms with Crippen LogP contribution in [0.2, 0.25) is 0 Å². The highest BCUT2D eigenvalue weighted by molar-refractivity contribution is 7.91. The average Bonchev–Trinajstić information content (AvgIpc) is 2.87. The van der Waals surface area contributed by atoms with Crippen LogP contribution in [0.15, 0.2) is 24.3 Å². The lowest BCUT2D eigenvalue weighted by atomic mass is 10.2. The van der Waals surface area contributed by atoms with Gasteiger partial charge in [0, 0.05) is 26.2 Å². The summed E-state index contributed by atoms with van der Waals surface area (Å²) in [5, 5.41) is 3.61. The molecular formula is C15H21FN2O3S2. The Hall–Kier alpha value is -1.25. The van der Waals surface area contributed by atoms with Crippen molar-refractivity contribution >= 4 is 27.2 Å². The summed E-state index contributed by atoms with van der Waals surface area (Å²) >= 11 is 5.42. The van der Waals surface area contributed by atoms with Gasteiger partial charge in [0.05, 0.1) is 18.1 Å². The van der Waals surface area contributed by atoms with Crippen LogP contribution in [0.25, 0.3) is 0 Å². The molecule has 5 nitrogen and oxygen atoms in total. The van der Waals surface area contributed by atoms with E-state index in [2.05, 4.69) is 5.32 Å². The molecule has 1 N–H and O–H groups in total. The number of nitrogens with one attached hydrogen (secondary N) is 1. The molecule has 0 unspecified atom stereocenters. The summed E-state index contributed by atoms with van der Waals surface area (Å²) in [5.41, 5.74) is 0.902. The van der Waals surface area contributed by atoms with Crippen molar-refractivity contribution in [2.45, 2.75) is 19.0 Å². The Morgan fingerprint density at radius 1 is 1.43 bits per heavy atom. The molecule has 1 saturated heterocycles. The van der Waals surface area contributed by atoms with Crippen LogP contribution in [0.4, 0.5) is 4.39 Å². The lowest BCUT2D eigenvalue weighted by molar-refractivity contribution is 0.164. The first-order valence-corrected chi connectivity index (χ1v) is 9.62. The Morgan fingerprint density at radius 2 is 2.13 bits per heavy atom. The monoisotopic (exact) mass is 360 g/mol. The zero-order valence-electron chi connectivity index (χ0n) is 13.0. The second-order valence-electron chi connectivity index (χ2n) is 5.53. The third-order valence-electron chi connectivity index (χ3n) is 3.80. The molecular weight excluding hydrogens is 339 g/mol. The third-order valence-corrected chi connectivity index (χ3v) is 5.93. The molecule has 1 fully saturated rings. The summed E-state index contributed by atoms with van der Waals surface area (Å²) in [4.78, 5) is 1.88. The summed E-state index contributed by atoms with van der Waals surface area (Å²) in [6, 6.07) is 6.04. The van der Waals surface area contributed by atoms with E-state index in [0.29, 0.717) is 31.2 Å². The predicted octanol–water partition coefficient (Wildman–Crippen LogP) is 1.34. The van der Waals surface area contributed by atoms with E-state index < -0.39 is 9.84 Å². The summed E-state index contributed by atoms with van der Waals surface area (Å²) in [7, 11) is -1.39. The molecule has 1 atom stereocenters. The van der Waals surface area contributed by atoms with E-state index in [0.717, 1.165) is 5.56 Å². The van der Waals surface area contributed by atoms with Gasteiger partial charge in [-0.25, -0.2) is 12.8 Å². The standard InChI is InChI=1S/C15H21FN2O3S2/c1-21-8-7-18(14-6-9-23(19,20)11-14)15(22)17-10-12-2-4-13(16)5-3-12/h2-5,14H,6-11H2,1H3,(H,17,22)/t14-/m1/s1. The van der Waals surface area contributed by atoms with Gasteiger partial charge in [-0.2, -0.15) is 0 Å². The molecule has 0 aromatic heterocycles. The SMILES string of the molecule is COCCN(C(=S)NCc1ccc(F)cc1)[C@@H]1CCS(=O)(=O)C1. The normalized spacial score (nSPS) is 19.5. The molecule has 8 heteroatoms. The Labute approximate surface area is 141 Å². The van der Waals surface area contributed by atoms with Crippen LogP contribution in [0, 0.1) is 5.82 Å². The second-order valence-corrected chi connectivity index (χ2v) is 8.14. The Bertz CT molecular complexity index is 635. The minimum atomic E-state index is -2.98. The Balaban J connectivity index is 1.97. The number of ether oxygens (including phenoxy) is 1. The third kappa shape index (κ3) is 5.40. The molecule has 0 bridgehead atoms. The number of rotatable bonds is 6. The van der Waals surface area contributed by atoms with Gasteiger partial charge in [0.25, 0.3) is 0 Å². The first kappa shape index (κ1) is 18.1. The van der Waals surface area contributed by atoms with E-state index in [9.17, 15) is 12.8 Å². The van der Waals surface area contributed by atoms with Gasteiger partial charge in [0.1, 0.15) is 5.82 Å². The van der Waals surface area contributed by atoms with E-state index in [1.807, 2.05) is 4.90 Å². The molecule has 1 aliphatic rings. The summed E-state index contributed by atoms with van der Waals surface area (Å²) < 4.78 is 41.4. The lowest BCUT2D eigenvalue weighted by Gasteiger charge is -2.30. The van der Waals surface area contributed by atoms with Crippen LogP contribution in [-0.2, 0) is 21.1 Å². The van der Waals surface area contributed by atoms with Gasteiger partial charge in [-0.05, 0) is 36.3 Å². The fourth-order valence-electron chi connectivity index (χ4n) is 2.54. The summed E-state index contributed by atoms with van der Waals surface area (Å²) in [6.07, 6.45) is 0.574. The average molecular weight is 360 g/mol. The van der Waals surface area contributed by atoms with Crippen molar-refractivity contribution in [1.82, 2.24) is 10.2 Å². The van der Waals surface area contributed by atoms with Crippen LogP contribution in [-0.4, -0.2) is 56.2 Å². The number of nitrogens with zero attached hydrogens (tertiary/aromatic N) is 1. The number of hydrogen-bond donors (Lipinski definition) is 1. The highest BCUT2D eigenvalue weighted by atomic mass is 32.2. The number of benzene rings is 1. The molecule has 0 aliphatic carbocycles. The quantitative estimate of drug-likeness (QED) is 0.773. The molecule has 0 spiro atoms. The van der Waals surface area contributed by atoms with Crippen molar-refractivity contribution in [3.63, 3.8) is 0 Å². The van der Waals surface area contributed by atoms with Gasteiger partial charge in [-0.3, -0.25) is 0 Å². The molecule has 1 aliphatic heterocycles. The van der Waals surface area contributed by atoms with Crippen molar-refractivity contribution in [2.75, 3.05) is 31.8 Å². The van der Waals surface area contributed by atoms with E-state index in [-0.39, 0.29) is 23.4 Å². The van der Waals surface area contributed by atoms with Crippen LogP contribution in [0.5, 0.6) is 0 Å². The smallest absolute Gasteiger partial charge is 0.169 e. The van der Waals surface area contributed by atoms with E-state index in [1.54, 1.807) is 19.2 Å². The number of hydrogen-bond acceptors (Lipinski definition) is 4. The Kier molecular flexibility index (Phi) is 6.32. The van der Waals surface area contributed by atoms with Crippen LogP contribution >= 0.6 is 12.2 Å². The van der Waals surface area contributed by atoms with Gasteiger partial charge in [-0.1, -0.05) is 12.1 Å². The van der Waals surface area contributed by atoms with Crippen LogP contribution in [0.1, 0.15) is 12.0 Å². The molecule has 0 saturated carbocycles. The minimum Gasteiger partial charge on any atom is -0.383 e. The van der Waals surface area contributed by atoms with Crippen molar-refractivity contribution in [3.8, 4) is 0 Å². The van der Waals surface area contributed by atoms with E-state index >= 15 is 0 Å². The molecule has 0 radical (unpaired) electrons. The first-order valence-electron chi connectivity index (χ1n) is 7.39. The number of methoxy groups -OCH3 is 1. The Morgan fingerprint density at radius 3 is 2.70 bits per heavy atom. The number of thiocarbonyl (C=S) groups is 1. The maximum Gasteiger partial charge on any atom is 0.169 e. The topological polar surface area (TPSA) is 58.6 Å². The second kappa shape index (κ2) is 8.03. The van der Waals surface area contributed by atoms with Gasteiger partial charge in [0.2, 0.25) is 0 Å². The van der Waals surface area contributed by atoms with Crippen LogP contribution < -0.4 is 5.32 Å². The number of sulfone groups is 1. The molecule has 23 heavy (non-hydrogen) atoms. The predicted molar refractivity (Wildman–Crippen MR) is 91.5 cm³/mol. The van der Waals surface area contributed by atoms with Gasteiger partial charge in [0.15, 0.2) is 14.9 Å². The maximum absolute atomic E-state index is 12.9. The zero-order valence-corrected chi connectivity index (χ0v) is 14.6. The van der Waals surface area contributed by atoms with Crippen molar-refractivity contribution < 1.29 is 17.5 Å². The fraction of sp³-hybridized carbons (Fsp3) is 0.533. The highest BCUT2D eigenvalue weighted by Gasteiger charge is 2.33. The highest BCUT2D eigenvalue weighted by Crippen LogP contribution is 2.18. The van der Waals surface area contributed by atoms with Crippen molar-refractivity contribution in [3.05, 3.63) is 35.6 Å². The molecule has 128 valence electrons. The van der Waals surface area contributed by atoms with Gasteiger partial charge >= 0.3 is 0 Å². The molecule has 1 heterocycles. The van der Waals surface area contributed by atoms with Gasteiger partial charge < -0.3 is 15.0 Å². The molecule has 0 amide bonds. The molecule has 2 rings (SSSR count). The van der Waals surface area contributed by atoms with Crippen LogP contribution in [0.3, 0.4) is 0 Å². The molecule has 1 aromatic carbocycles. The summed E-state index contributed by atoms with van der Waals surface area (Å²) in [5.74, 6) is 0.0331. The minimum absolute atomic E-state index is 0.120. The van der Waals surface area contributed by atoms with E-state index in [1.165, 1.54) is 12.1 Å². The van der Waals surface area contributed by atoms with Gasteiger partial charge in [-0.15, -0.1) is 0 Å². The van der Waals surface area contributed by atoms with Crippen molar-refractivity contribution in [1.29, 1.82) is 0 Å².